The van der Waals surface area contributed by atoms with Crippen molar-refractivity contribution in [3.63, 3.8) is 0 Å². The van der Waals surface area contributed by atoms with Crippen LogP contribution in [0.3, 0.4) is 0 Å². The van der Waals surface area contributed by atoms with E-state index in [1.165, 1.54) is 24.1 Å². The fraction of sp³-hybridized carbons (Fsp3) is 0.667. The number of hydrogen-bond donors (Lipinski definition) is 1. The van der Waals surface area contributed by atoms with Gasteiger partial charge in [-0.05, 0) is 44.1 Å². The third-order valence-electron chi connectivity index (χ3n) is 5.68. The van der Waals surface area contributed by atoms with Gasteiger partial charge in [0.2, 0.25) is 10.0 Å². The standard InChI is InChI=1S/C18H25ClN2O3S/c19-9-5-11-25(22,23)20-16-12-18-8-3-1-6-14(18)13-21-10-4-2-7-15(21)17(18)24-16/h4,10,13,16,20H,1-3,5-9,11-12H2. The minimum absolute atomic E-state index is 0.0484. The maximum Gasteiger partial charge on any atom is 0.214 e. The van der Waals surface area contributed by atoms with E-state index >= 15 is 0 Å². The Labute approximate surface area is 154 Å². The first kappa shape index (κ1) is 17.4. The van der Waals surface area contributed by atoms with E-state index in [0.717, 1.165) is 31.4 Å². The van der Waals surface area contributed by atoms with Crippen molar-refractivity contribution < 1.29 is 13.2 Å². The average molecular weight is 385 g/mol. The number of sulfonamides is 1. The smallest absolute Gasteiger partial charge is 0.214 e. The normalized spacial score (nSPS) is 31.2. The molecule has 1 spiro atoms. The van der Waals surface area contributed by atoms with Gasteiger partial charge in [-0.3, -0.25) is 0 Å². The first-order chi connectivity index (χ1) is 12.0. The van der Waals surface area contributed by atoms with E-state index in [9.17, 15) is 8.42 Å². The lowest BCUT2D eigenvalue weighted by Gasteiger charge is -2.42. The van der Waals surface area contributed by atoms with Crippen molar-refractivity contribution in [2.45, 2.75) is 57.6 Å². The van der Waals surface area contributed by atoms with Crippen LogP contribution < -0.4 is 4.72 Å². The van der Waals surface area contributed by atoms with Gasteiger partial charge < -0.3 is 9.64 Å². The summed E-state index contributed by atoms with van der Waals surface area (Å²) in [7, 11) is -3.37. The van der Waals surface area contributed by atoms with Crippen molar-refractivity contribution in [1.82, 2.24) is 9.62 Å². The first-order valence-corrected chi connectivity index (χ1v) is 11.4. The van der Waals surface area contributed by atoms with Gasteiger partial charge in [-0.15, -0.1) is 11.6 Å². The highest BCUT2D eigenvalue weighted by atomic mass is 35.5. The summed E-state index contributed by atoms with van der Waals surface area (Å²) in [6.45, 7) is 0. The number of allylic oxidation sites excluding steroid dienone is 3. The van der Waals surface area contributed by atoms with Crippen LogP contribution in [0.5, 0.6) is 0 Å². The topological polar surface area (TPSA) is 58.6 Å². The van der Waals surface area contributed by atoms with Gasteiger partial charge in [0.25, 0.3) is 0 Å². The second kappa shape index (κ2) is 6.63. The summed E-state index contributed by atoms with van der Waals surface area (Å²) in [6, 6.07) is 0. The molecule has 4 rings (SSSR count). The summed E-state index contributed by atoms with van der Waals surface area (Å²) in [5, 5.41) is 0. The lowest BCUT2D eigenvalue weighted by atomic mass is 9.66. The largest absolute Gasteiger partial charge is 0.476 e. The van der Waals surface area contributed by atoms with Crippen molar-refractivity contribution in [3.05, 3.63) is 35.5 Å². The summed E-state index contributed by atoms with van der Waals surface area (Å²) in [5.74, 6) is 1.41. The number of nitrogens with one attached hydrogen (secondary N) is 1. The number of ether oxygens (including phenoxy) is 1. The van der Waals surface area contributed by atoms with Crippen LogP contribution in [-0.4, -0.2) is 31.2 Å². The summed E-state index contributed by atoms with van der Waals surface area (Å²) >= 11 is 5.64. The number of alkyl halides is 1. The van der Waals surface area contributed by atoms with Crippen LogP contribution in [0.4, 0.5) is 0 Å². The number of hydrogen-bond acceptors (Lipinski definition) is 4. The van der Waals surface area contributed by atoms with Gasteiger partial charge in [0.05, 0.1) is 16.9 Å². The van der Waals surface area contributed by atoms with Crippen molar-refractivity contribution in [1.29, 1.82) is 0 Å². The Hall–Kier alpha value is -0.980. The summed E-state index contributed by atoms with van der Waals surface area (Å²) < 4.78 is 33.6. The predicted molar refractivity (Wildman–Crippen MR) is 98.0 cm³/mol. The van der Waals surface area contributed by atoms with Gasteiger partial charge in [0, 0.05) is 24.7 Å². The van der Waals surface area contributed by atoms with Crippen LogP contribution in [0.1, 0.15) is 51.4 Å². The molecular formula is C18H25ClN2O3S. The van der Waals surface area contributed by atoms with Crippen LogP contribution in [-0.2, 0) is 14.8 Å². The van der Waals surface area contributed by atoms with Gasteiger partial charge in [-0.1, -0.05) is 12.5 Å². The van der Waals surface area contributed by atoms with E-state index < -0.39 is 16.3 Å². The molecule has 3 aliphatic heterocycles. The summed E-state index contributed by atoms with van der Waals surface area (Å²) in [6.07, 6.45) is 13.7. The minimum atomic E-state index is -3.37. The van der Waals surface area contributed by atoms with E-state index in [1.54, 1.807) is 0 Å². The lowest BCUT2D eigenvalue weighted by molar-refractivity contribution is 0.139. The molecule has 1 aliphatic carbocycles. The van der Waals surface area contributed by atoms with Gasteiger partial charge in [0.15, 0.2) is 6.23 Å². The van der Waals surface area contributed by atoms with Crippen molar-refractivity contribution >= 4 is 21.6 Å². The fourth-order valence-electron chi connectivity index (χ4n) is 4.59. The Balaban J connectivity index is 1.63. The Morgan fingerprint density at radius 1 is 1.36 bits per heavy atom. The van der Waals surface area contributed by atoms with Crippen LogP contribution >= 0.6 is 11.6 Å². The van der Waals surface area contributed by atoms with Gasteiger partial charge in [0.1, 0.15) is 5.76 Å². The first-order valence-electron chi connectivity index (χ1n) is 9.16. The highest BCUT2D eigenvalue weighted by Crippen LogP contribution is 2.58. The molecule has 2 fully saturated rings. The zero-order valence-corrected chi connectivity index (χ0v) is 15.9. The second-order valence-electron chi connectivity index (χ2n) is 7.34. The Bertz CT molecular complexity index is 743. The van der Waals surface area contributed by atoms with E-state index in [0.29, 0.717) is 18.7 Å². The van der Waals surface area contributed by atoms with Crippen LogP contribution in [0.15, 0.2) is 35.5 Å². The van der Waals surface area contributed by atoms with Crippen LogP contribution in [0, 0.1) is 5.41 Å². The number of halogens is 1. The molecular weight excluding hydrogens is 360 g/mol. The molecule has 1 saturated heterocycles. The molecule has 0 bridgehead atoms. The Morgan fingerprint density at radius 3 is 3.08 bits per heavy atom. The second-order valence-corrected chi connectivity index (χ2v) is 9.59. The highest BCUT2D eigenvalue weighted by molar-refractivity contribution is 7.89. The molecule has 2 atom stereocenters. The molecule has 0 aromatic heterocycles. The quantitative estimate of drug-likeness (QED) is 0.736. The molecule has 1 N–H and O–H groups in total. The van der Waals surface area contributed by atoms with Gasteiger partial charge in [-0.2, -0.15) is 4.72 Å². The predicted octanol–water partition coefficient (Wildman–Crippen LogP) is 3.56. The monoisotopic (exact) mass is 384 g/mol. The SMILES string of the molecule is O=S(=O)(CCCCl)NC1CC23CCCCC2=CN2C=CCCC2=C3O1. The lowest BCUT2D eigenvalue weighted by Crippen LogP contribution is -2.37. The molecule has 0 radical (unpaired) electrons. The molecule has 4 aliphatic rings. The average Bonchev–Trinajstić information content (AvgIpc) is 2.95. The highest BCUT2D eigenvalue weighted by Gasteiger charge is 2.53. The van der Waals surface area contributed by atoms with Crippen molar-refractivity contribution in [3.8, 4) is 0 Å². The zero-order chi connectivity index (χ0) is 17.5. The Morgan fingerprint density at radius 2 is 2.24 bits per heavy atom. The molecule has 138 valence electrons. The third-order valence-corrected chi connectivity index (χ3v) is 7.40. The van der Waals surface area contributed by atoms with E-state index in [1.807, 2.05) is 0 Å². The van der Waals surface area contributed by atoms with Gasteiger partial charge in [-0.25, -0.2) is 8.42 Å². The van der Waals surface area contributed by atoms with E-state index in [4.69, 9.17) is 16.3 Å². The molecule has 1 saturated carbocycles. The minimum Gasteiger partial charge on any atom is -0.476 e. The molecule has 0 aromatic carbocycles. The van der Waals surface area contributed by atoms with Crippen LogP contribution in [0.2, 0.25) is 0 Å². The molecule has 3 heterocycles. The number of fused-ring (bicyclic) bond motifs is 1. The van der Waals surface area contributed by atoms with E-state index in [2.05, 4.69) is 28.1 Å². The van der Waals surface area contributed by atoms with Gasteiger partial charge >= 0.3 is 0 Å². The molecule has 7 heteroatoms. The molecule has 0 amide bonds. The summed E-state index contributed by atoms with van der Waals surface area (Å²) in [5.41, 5.74) is 2.50. The molecule has 25 heavy (non-hydrogen) atoms. The summed E-state index contributed by atoms with van der Waals surface area (Å²) in [4.78, 5) is 2.18. The molecule has 0 aromatic rings. The number of rotatable bonds is 5. The Kier molecular flexibility index (Phi) is 4.63. The van der Waals surface area contributed by atoms with Crippen LogP contribution in [0.25, 0.3) is 0 Å². The van der Waals surface area contributed by atoms with Crippen molar-refractivity contribution in [2.24, 2.45) is 5.41 Å². The fourth-order valence-corrected chi connectivity index (χ4v) is 6.06. The zero-order valence-electron chi connectivity index (χ0n) is 14.3. The molecule has 5 nitrogen and oxygen atoms in total. The van der Waals surface area contributed by atoms with Crippen molar-refractivity contribution in [2.75, 3.05) is 11.6 Å². The maximum atomic E-state index is 12.3. The number of nitrogens with zero attached hydrogens (tertiary/aromatic N) is 1. The molecule has 2 unspecified atom stereocenters. The third kappa shape index (κ3) is 3.13. The van der Waals surface area contributed by atoms with E-state index in [-0.39, 0.29) is 11.2 Å². The maximum absolute atomic E-state index is 12.3.